The van der Waals surface area contributed by atoms with Gasteiger partial charge in [-0.05, 0) is 60.5 Å². The summed E-state index contributed by atoms with van der Waals surface area (Å²) in [6.45, 7) is 2.02. The number of nitrogens with one attached hydrogen (secondary N) is 1. The molecule has 28 heavy (non-hydrogen) atoms. The summed E-state index contributed by atoms with van der Waals surface area (Å²) in [6.07, 6.45) is 1.77. The number of anilines is 2. The van der Waals surface area contributed by atoms with Crippen LogP contribution in [0.3, 0.4) is 0 Å². The highest BCUT2D eigenvalue weighted by molar-refractivity contribution is 6.30. The molecule has 0 aliphatic heterocycles. The van der Waals surface area contributed by atoms with Crippen molar-refractivity contribution in [2.24, 2.45) is 0 Å². The summed E-state index contributed by atoms with van der Waals surface area (Å²) in [5.74, 6) is 0.444. The third-order valence-electron chi connectivity index (χ3n) is 4.53. The Kier molecular flexibility index (Phi) is 4.67. The van der Waals surface area contributed by atoms with E-state index in [1.807, 2.05) is 37.3 Å². The molecular formula is C22H17ClN4O. The number of hydrogen-bond acceptors (Lipinski definition) is 4. The molecule has 4 rings (SSSR count). The Balaban J connectivity index is 1.66. The molecule has 5 nitrogen and oxygen atoms in total. The molecule has 0 atom stereocenters. The van der Waals surface area contributed by atoms with Gasteiger partial charge in [-0.2, -0.15) is 0 Å². The highest BCUT2D eigenvalue weighted by Gasteiger charge is 2.12. The van der Waals surface area contributed by atoms with Gasteiger partial charge in [0.25, 0.3) is 5.91 Å². The summed E-state index contributed by atoms with van der Waals surface area (Å²) < 4.78 is 0. The molecule has 1 amide bonds. The topological polar surface area (TPSA) is 80.9 Å². The molecule has 0 aliphatic rings. The van der Waals surface area contributed by atoms with Gasteiger partial charge in [0.15, 0.2) is 0 Å². The average Bonchev–Trinajstić information content (AvgIpc) is 2.70. The summed E-state index contributed by atoms with van der Waals surface area (Å²) in [6, 6.07) is 18.2. The molecular weight excluding hydrogens is 372 g/mol. The molecule has 0 bridgehead atoms. The zero-order chi connectivity index (χ0) is 19.7. The maximum Gasteiger partial charge on any atom is 0.256 e. The molecule has 3 N–H and O–H groups in total. The number of carbonyl (C=O) groups is 1. The Hall–Kier alpha value is -3.44. The van der Waals surface area contributed by atoms with Gasteiger partial charge in [0.2, 0.25) is 0 Å². The monoisotopic (exact) mass is 388 g/mol. The zero-order valence-corrected chi connectivity index (χ0v) is 15.9. The maximum atomic E-state index is 12.4. The first kappa shape index (κ1) is 17.9. The van der Waals surface area contributed by atoms with Crippen LogP contribution in [-0.2, 0) is 0 Å². The molecule has 0 fully saturated rings. The van der Waals surface area contributed by atoms with Gasteiger partial charge < -0.3 is 11.1 Å². The number of nitrogens with two attached hydrogens (primary N) is 1. The number of aromatic nitrogens is 2. The van der Waals surface area contributed by atoms with Crippen molar-refractivity contribution in [2.75, 3.05) is 11.1 Å². The first-order valence-corrected chi connectivity index (χ1v) is 9.09. The Morgan fingerprint density at radius 2 is 1.75 bits per heavy atom. The molecule has 138 valence electrons. The van der Waals surface area contributed by atoms with Crippen LogP contribution in [0.4, 0.5) is 11.6 Å². The first-order valence-electron chi connectivity index (χ1n) is 8.71. The highest BCUT2D eigenvalue weighted by atomic mass is 35.5. The smallest absolute Gasteiger partial charge is 0.256 e. The summed E-state index contributed by atoms with van der Waals surface area (Å²) in [5, 5.41) is 4.34. The zero-order valence-electron chi connectivity index (χ0n) is 15.1. The van der Waals surface area contributed by atoms with E-state index in [-0.39, 0.29) is 5.91 Å². The Bertz CT molecular complexity index is 1190. The van der Waals surface area contributed by atoms with Crippen LogP contribution in [-0.4, -0.2) is 15.9 Å². The van der Waals surface area contributed by atoms with Crippen LogP contribution in [0, 0.1) is 6.92 Å². The lowest BCUT2D eigenvalue weighted by Gasteiger charge is -2.12. The molecule has 0 aliphatic carbocycles. The Morgan fingerprint density at radius 1 is 1.00 bits per heavy atom. The van der Waals surface area contributed by atoms with Gasteiger partial charge in [-0.1, -0.05) is 29.8 Å². The highest BCUT2D eigenvalue weighted by Crippen LogP contribution is 2.33. The van der Waals surface area contributed by atoms with E-state index >= 15 is 0 Å². The van der Waals surface area contributed by atoms with E-state index < -0.39 is 0 Å². The van der Waals surface area contributed by atoms with Crippen molar-refractivity contribution in [3.8, 4) is 11.1 Å². The van der Waals surface area contributed by atoms with Crippen molar-refractivity contribution in [1.29, 1.82) is 0 Å². The van der Waals surface area contributed by atoms with Gasteiger partial charge in [0.05, 0.1) is 5.52 Å². The van der Waals surface area contributed by atoms with Gasteiger partial charge in [0, 0.05) is 27.7 Å². The van der Waals surface area contributed by atoms with Gasteiger partial charge in [-0.25, -0.2) is 4.98 Å². The minimum atomic E-state index is -0.277. The minimum Gasteiger partial charge on any atom is -0.383 e. The normalized spacial score (nSPS) is 10.8. The van der Waals surface area contributed by atoms with Crippen molar-refractivity contribution in [2.45, 2.75) is 6.92 Å². The third kappa shape index (κ3) is 3.40. The van der Waals surface area contributed by atoms with Crippen molar-refractivity contribution in [3.63, 3.8) is 0 Å². The summed E-state index contributed by atoms with van der Waals surface area (Å²) in [5.41, 5.74) is 10.5. The van der Waals surface area contributed by atoms with Crippen molar-refractivity contribution in [3.05, 3.63) is 83.0 Å². The van der Waals surface area contributed by atoms with Gasteiger partial charge in [-0.15, -0.1) is 0 Å². The number of pyridine rings is 2. The van der Waals surface area contributed by atoms with Gasteiger partial charge >= 0.3 is 0 Å². The lowest BCUT2D eigenvalue weighted by molar-refractivity contribution is 0.102. The average molecular weight is 389 g/mol. The fourth-order valence-corrected chi connectivity index (χ4v) is 3.24. The molecule has 0 radical (unpaired) electrons. The number of halogens is 1. The predicted molar refractivity (Wildman–Crippen MR) is 114 cm³/mol. The van der Waals surface area contributed by atoms with Crippen LogP contribution in [0.5, 0.6) is 0 Å². The first-order chi connectivity index (χ1) is 13.5. The number of fused-ring (bicyclic) bond motifs is 1. The second kappa shape index (κ2) is 7.29. The Labute approximate surface area is 167 Å². The van der Waals surface area contributed by atoms with Crippen LogP contribution in [0.25, 0.3) is 22.0 Å². The molecule has 0 unspecified atom stereocenters. The molecule has 2 heterocycles. The van der Waals surface area contributed by atoms with Crippen molar-refractivity contribution in [1.82, 2.24) is 9.97 Å². The number of nitrogen functional groups attached to an aromatic ring is 1. The van der Waals surface area contributed by atoms with Crippen LogP contribution >= 0.6 is 11.6 Å². The SMILES string of the molecule is Cc1ccc(-c2ccc(NC(=O)c3ccc(Cl)cc3)nc2N)c2cccnc12. The third-order valence-corrected chi connectivity index (χ3v) is 4.79. The van der Waals surface area contributed by atoms with Crippen molar-refractivity contribution >= 4 is 40.0 Å². The van der Waals surface area contributed by atoms with Crippen LogP contribution < -0.4 is 11.1 Å². The summed E-state index contributed by atoms with van der Waals surface area (Å²) in [4.78, 5) is 21.2. The molecule has 2 aromatic heterocycles. The molecule has 2 aromatic carbocycles. The number of carbonyl (C=O) groups excluding carboxylic acids is 1. The van der Waals surface area contributed by atoms with Crippen LogP contribution in [0.1, 0.15) is 15.9 Å². The second-order valence-electron chi connectivity index (χ2n) is 6.42. The standard InChI is InChI=1S/C22H17ClN4O/c1-13-4-9-16(17-3-2-12-25-20(13)17)18-10-11-19(26-21(18)24)27-22(28)14-5-7-15(23)8-6-14/h2-12H,1H3,(H3,24,26,27,28). The minimum absolute atomic E-state index is 0.277. The lowest BCUT2D eigenvalue weighted by Crippen LogP contribution is -2.13. The number of benzene rings is 2. The van der Waals surface area contributed by atoms with E-state index in [1.54, 1.807) is 36.5 Å². The number of aryl methyl sites for hydroxylation is 1. The van der Waals surface area contributed by atoms with Gasteiger partial charge in [0.1, 0.15) is 11.6 Å². The number of rotatable bonds is 3. The fraction of sp³-hybridized carbons (Fsp3) is 0.0455. The lowest BCUT2D eigenvalue weighted by atomic mass is 9.99. The van der Waals surface area contributed by atoms with E-state index in [9.17, 15) is 4.79 Å². The van der Waals surface area contributed by atoms with Crippen LogP contribution in [0.15, 0.2) is 66.9 Å². The van der Waals surface area contributed by atoms with Crippen LogP contribution in [0.2, 0.25) is 5.02 Å². The van der Waals surface area contributed by atoms with E-state index in [0.717, 1.165) is 27.6 Å². The molecule has 0 spiro atoms. The molecule has 0 saturated carbocycles. The predicted octanol–water partition coefficient (Wildman–Crippen LogP) is 5.09. The maximum absolute atomic E-state index is 12.4. The van der Waals surface area contributed by atoms with E-state index in [1.165, 1.54) is 0 Å². The summed E-state index contributed by atoms with van der Waals surface area (Å²) >= 11 is 5.86. The van der Waals surface area contributed by atoms with Gasteiger partial charge in [-0.3, -0.25) is 9.78 Å². The number of amides is 1. The molecule has 0 saturated heterocycles. The fourth-order valence-electron chi connectivity index (χ4n) is 3.11. The van der Waals surface area contributed by atoms with E-state index in [2.05, 4.69) is 15.3 Å². The largest absolute Gasteiger partial charge is 0.383 e. The van der Waals surface area contributed by atoms with E-state index in [0.29, 0.717) is 22.2 Å². The van der Waals surface area contributed by atoms with E-state index in [4.69, 9.17) is 17.3 Å². The number of hydrogen-bond donors (Lipinski definition) is 2. The quantitative estimate of drug-likeness (QED) is 0.512. The molecule has 6 heteroatoms. The number of nitrogens with zero attached hydrogens (tertiary/aromatic N) is 2. The van der Waals surface area contributed by atoms with Crippen molar-refractivity contribution < 1.29 is 4.79 Å². The Morgan fingerprint density at radius 3 is 2.50 bits per heavy atom. The summed E-state index contributed by atoms with van der Waals surface area (Å²) in [7, 11) is 0. The second-order valence-corrected chi connectivity index (χ2v) is 6.86. The molecule has 4 aromatic rings.